The summed E-state index contributed by atoms with van der Waals surface area (Å²) >= 11 is 7.50. The van der Waals surface area contributed by atoms with Crippen molar-refractivity contribution in [2.75, 3.05) is 6.54 Å². The van der Waals surface area contributed by atoms with Crippen LogP contribution in [0.2, 0.25) is 5.02 Å². The molecule has 1 heterocycles. The molecule has 0 aliphatic carbocycles. The summed E-state index contributed by atoms with van der Waals surface area (Å²) in [5.74, 6) is -0.247. The monoisotopic (exact) mass is 372 g/mol. The lowest BCUT2D eigenvalue weighted by Crippen LogP contribution is -2.28. The smallest absolute Gasteiger partial charge is 0.263 e. The van der Waals surface area contributed by atoms with Crippen LogP contribution < -0.4 is 5.32 Å². The molecule has 0 bridgehead atoms. The van der Waals surface area contributed by atoms with E-state index in [1.54, 1.807) is 13.0 Å². The van der Waals surface area contributed by atoms with Gasteiger partial charge in [-0.25, -0.2) is 4.98 Å². The lowest BCUT2D eigenvalue weighted by molar-refractivity contribution is 0.0919. The van der Waals surface area contributed by atoms with Gasteiger partial charge in [-0.15, -0.1) is 11.3 Å². The van der Waals surface area contributed by atoms with Crippen molar-refractivity contribution in [1.82, 2.24) is 10.3 Å². The molecule has 0 unspecified atom stereocenters. The third kappa shape index (κ3) is 4.07. The van der Waals surface area contributed by atoms with E-state index in [9.17, 15) is 9.90 Å². The third-order valence-electron chi connectivity index (χ3n) is 3.75. The molecule has 0 saturated heterocycles. The van der Waals surface area contributed by atoms with E-state index in [2.05, 4.69) is 10.3 Å². The number of nitrogens with one attached hydrogen (secondary N) is 1. The van der Waals surface area contributed by atoms with Gasteiger partial charge in [0.05, 0.1) is 16.8 Å². The number of carbonyl (C=O) groups excluding carboxylic acids is 1. The van der Waals surface area contributed by atoms with Crippen LogP contribution in [0, 0.1) is 6.92 Å². The first-order valence-corrected chi connectivity index (χ1v) is 8.99. The Morgan fingerprint density at radius 2 is 1.88 bits per heavy atom. The first-order valence-electron chi connectivity index (χ1n) is 7.80. The zero-order valence-corrected chi connectivity index (χ0v) is 15.1. The van der Waals surface area contributed by atoms with Crippen molar-refractivity contribution < 1.29 is 9.90 Å². The number of aliphatic hydroxyl groups is 1. The highest BCUT2D eigenvalue weighted by atomic mass is 35.5. The molecule has 2 aromatic carbocycles. The molecule has 0 fully saturated rings. The lowest BCUT2D eigenvalue weighted by atomic mass is 10.1. The second kappa shape index (κ2) is 7.78. The Balaban J connectivity index is 1.72. The minimum absolute atomic E-state index is 0.140. The van der Waals surface area contributed by atoms with Crippen molar-refractivity contribution in [3.05, 3.63) is 75.8 Å². The van der Waals surface area contributed by atoms with E-state index in [1.807, 2.05) is 48.5 Å². The average Bonchev–Trinajstić information content (AvgIpc) is 3.02. The highest BCUT2D eigenvalue weighted by molar-refractivity contribution is 7.17. The van der Waals surface area contributed by atoms with Gasteiger partial charge in [-0.3, -0.25) is 4.79 Å². The predicted octanol–water partition coefficient (Wildman–Crippen LogP) is 4.24. The van der Waals surface area contributed by atoms with Crippen LogP contribution in [0.4, 0.5) is 0 Å². The third-order valence-corrected chi connectivity index (χ3v) is 5.27. The molecule has 0 spiro atoms. The first kappa shape index (κ1) is 17.6. The number of aryl methyl sites for hydroxylation is 1. The normalized spacial score (nSPS) is 12.0. The molecule has 1 aromatic heterocycles. The largest absolute Gasteiger partial charge is 0.387 e. The number of nitrogens with zero attached hydrogens (tertiary/aromatic N) is 1. The van der Waals surface area contributed by atoms with Crippen molar-refractivity contribution in [2.45, 2.75) is 13.0 Å². The van der Waals surface area contributed by atoms with Crippen molar-refractivity contribution in [3.8, 4) is 10.6 Å². The van der Waals surface area contributed by atoms with E-state index in [-0.39, 0.29) is 12.5 Å². The maximum atomic E-state index is 12.4. The topological polar surface area (TPSA) is 62.2 Å². The van der Waals surface area contributed by atoms with Crippen molar-refractivity contribution in [2.24, 2.45) is 0 Å². The Hall–Kier alpha value is -2.21. The molecule has 1 amide bonds. The number of aliphatic hydroxyl groups excluding tert-OH is 1. The van der Waals surface area contributed by atoms with Gasteiger partial charge in [0.25, 0.3) is 5.91 Å². The van der Waals surface area contributed by atoms with Crippen LogP contribution in [0.1, 0.15) is 27.0 Å². The Morgan fingerprint density at radius 1 is 1.20 bits per heavy atom. The van der Waals surface area contributed by atoms with Gasteiger partial charge < -0.3 is 10.4 Å². The number of hydrogen-bond donors (Lipinski definition) is 2. The van der Waals surface area contributed by atoms with Gasteiger partial charge in [-0.05, 0) is 18.6 Å². The van der Waals surface area contributed by atoms with Gasteiger partial charge in [0.1, 0.15) is 9.88 Å². The molecule has 0 aliphatic heterocycles. The maximum Gasteiger partial charge on any atom is 0.263 e. The fraction of sp³-hybridized carbons (Fsp3) is 0.158. The van der Waals surface area contributed by atoms with E-state index in [0.717, 1.165) is 11.1 Å². The van der Waals surface area contributed by atoms with Gasteiger partial charge >= 0.3 is 0 Å². The first-order chi connectivity index (χ1) is 12.1. The number of hydrogen-bond acceptors (Lipinski definition) is 4. The molecule has 0 radical (unpaired) electrons. The molecule has 25 heavy (non-hydrogen) atoms. The van der Waals surface area contributed by atoms with Crippen molar-refractivity contribution >= 4 is 28.8 Å². The molecule has 3 aromatic rings. The molecular formula is C19H17ClN2O2S. The quantitative estimate of drug-likeness (QED) is 0.704. The van der Waals surface area contributed by atoms with Crippen LogP contribution in [0.25, 0.3) is 10.6 Å². The number of amides is 1. The van der Waals surface area contributed by atoms with E-state index < -0.39 is 6.10 Å². The fourth-order valence-corrected chi connectivity index (χ4v) is 3.72. The molecule has 128 valence electrons. The summed E-state index contributed by atoms with van der Waals surface area (Å²) in [6, 6.07) is 16.6. The van der Waals surface area contributed by atoms with E-state index in [0.29, 0.717) is 20.6 Å². The standard InChI is InChI=1S/C19H17ClN2O2S/c1-12-17(25-19(22-12)14-9-5-6-10-15(14)20)18(24)21-11-16(23)13-7-3-2-4-8-13/h2-10,16,23H,11H2,1H3,(H,21,24)/t16-/m1/s1. The molecule has 2 N–H and O–H groups in total. The van der Waals surface area contributed by atoms with Gasteiger partial charge in [0.15, 0.2) is 0 Å². The molecule has 1 atom stereocenters. The van der Waals surface area contributed by atoms with Crippen LogP contribution in [0.3, 0.4) is 0 Å². The van der Waals surface area contributed by atoms with Crippen molar-refractivity contribution in [3.63, 3.8) is 0 Å². The second-order valence-electron chi connectivity index (χ2n) is 5.55. The SMILES string of the molecule is Cc1nc(-c2ccccc2Cl)sc1C(=O)NC[C@@H](O)c1ccccc1. The zero-order chi connectivity index (χ0) is 17.8. The number of thiazole rings is 1. The number of benzene rings is 2. The Kier molecular flexibility index (Phi) is 5.48. The van der Waals surface area contributed by atoms with Gasteiger partial charge in [-0.1, -0.05) is 60.1 Å². The Bertz CT molecular complexity index is 880. The molecule has 0 saturated carbocycles. The molecule has 6 heteroatoms. The number of rotatable bonds is 5. The molecule has 3 rings (SSSR count). The summed E-state index contributed by atoms with van der Waals surface area (Å²) in [6.07, 6.45) is -0.749. The maximum absolute atomic E-state index is 12.4. The highest BCUT2D eigenvalue weighted by Crippen LogP contribution is 2.32. The molecule has 4 nitrogen and oxygen atoms in total. The summed E-state index contributed by atoms with van der Waals surface area (Å²) in [7, 11) is 0. The molecular weight excluding hydrogens is 356 g/mol. The van der Waals surface area contributed by atoms with Gasteiger partial charge in [-0.2, -0.15) is 0 Å². The van der Waals surface area contributed by atoms with Crippen LogP contribution >= 0.6 is 22.9 Å². The van der Waals surface area contributed by atoms with Crippen LogP contribution in [-0.2, 0) is 0 Å². The number of carbonyl (C=O) groups is 1. The minimum atomic E-state index is -0.749. The van der Waals surface area contributed by atoms with Gasteiger partial charge in [0, 0.05) is 12.1 Å². The van der Waals surface area contributed by atoms with E-state index in [4.69, 9.17) is 11.6 Å². The second-order valence-corrected chi connectivity index (χ2v) is 6.96. The minimum Gasteiger partial charge on any atom is -0.387 e. The Labute approximate surface area is 155 Å². The van der Waals surface area contributed by atoms with Gasteiger partial charge in [0.2, 0.25) is 0 Å². The summed E-state index contributed by atoms with van der Waals surface area (Å²) in [5, 5.41) is 14.2. The summed E-state index contributed by atoms with van der Waals surface area (Å²) in [4.78, 5) is 17.4. The van der Waals surface area contributed by atoms with Crippen LogP contribution in [0.5, 0.6) is 0 Å². The van der Waals surface area contributed by atoms with Crippen LogP contribution in [-0.4, -0.2) is 22.5 Å². The summed E-state index contributed by atoms with van der Waals surface area (Å²) in [6.45, 7) is 1.93. The highest BCUT2D eigenvalue weighted by Gasteiger charge is 2.18. The molecule has 0 aliphatic rings. The Morgan fingerprint density at radius 3 is 2.60 bits per heavy atom. The van der Waals surface area contributed by atoms with E-state index in [1.165, 1.54) is 11.3 Å². The summed E-state index contributed by atoms with van der Waals surface area (Å²) < 4.78 is 0. The average molecular weight is 373 g/mol. The summed E-state index contributed by atoms with van der Waals surface area (Å²) in [5.41, 5.74) is 2.22. The fourth-order valence-electron chi connectivity index (χ4n) is 2.42. The predicted molar refractivity (Wildman–Crippen MR) is 101 cm³/mol. The van der Waals surface area contributed by atoms with Crippen LogP contribution in [0.15, 0.2) is 54.6 Å². The zero-order valence-electron chi connectivity index (χ0n) is 13.6. The van der Waals surface area contributed by atoms with E-state index >= 15 is 0 Å². The van der Waals surface area contributed by atoms with Crippen molar-refractivity contribution in [1.29, 1.82) is 0 Å². The number of aromatic nitrogens is 1. The lowest BCUT2D eigenvalue weighted by Gasteiger charge is -2.11. The number of halogens is 1.